The van der Waals surface area contributed by atoms with Crippen LogP contribution >= 0.6 is 0 Å². The minimum atomic E-state index is -0.0131. The quantitative estimate of drug-likeness (QED) is 0.865. The molecule has 0 radical (unpaired) electrons. The molecule has 0 aromatic carbocycles. The summed E-state index contributed by atoms with van der Waals surface area (Å²) < 4.78 is 0. The summed E-state index contributed by atoms with van der Waals surface area (Å²) in [6.07, 6.45) is 0. The van der Waals surface area contributed by atoms with Crippen LogP contribution in [0.5, 0.6) is 0 Å². The maximum absolute atomic E-state index is 4.60. The molecule has 0 aliphatic carbocycles. The Kier molecular flexibility index (Phi) is 3.98. The summed E-state index contributed by atoms with van der Waals surface area (Å²) >= 11 is 0. The van der Waals surface area contributed by atoms with E-state index in [2.05, 4.69) is 65.7 Å². The molecule has 1 heterocycles. The van der Waals surface area contributed by atoms with Crippen LogP contribution in [0.2, 0.25) is 0 Å². The molecule has 17 heavy (non-hydrogen) atoms. The van der Waals surface area contributed by atoms with Gasteiger partial charge < -0.3 is 5.32 Å². The molecule has 1 rings (SSSR count). The van der Waals surface area contributed by atoms with Crippen LogP contribution in [0.4, 0.5) is 0 Å². The summed E-state index contributed by atoms with van der Waals surface area (Å²) in [5.74, 6) is 0. The van der Waals surface area contributed by atoms with Gasteiger partial charge in [0.05, 0.1) is 0 Å². The van der Waals surface area contributed by atoms with Crippen molar-refractivity contribution in [3.63, 3.8) is 0 Å². The van der Waals surface area contributed by atoms with Crippen molar-refractivity contribution in [3.05, 3.63) is 28.1 Å². The topological polar surface area (TPSA) is 24.9 Å². The first-order valence-corrected chi connectivity index (χ1v) is 6.39. The van der Waals surface area contributed by atoms with E-state index in [1.165, 1.54) is 16.7 Å². The van der Waals surface area contributed by atoms with E-state index in [0.29, 0.717) is 6.04 Å². The lowest BCUT2D eigenvalue weighted by Gasteiger charge is -2.33. The maximum Gasteiger partial charge on any atom is 0.0408 e. The van der Waals surface area contributed by atoms with Gasteiger partial charge in [-0.15, -0.1) is 0 Å². The number of hydrogen-bond acceptors (Lipinski definition) is 2. The van der Waals surface area contributed by atoms with Crippen molar-refractivity contribution >= 4 is 0 Å². The van der Waals surface area contributed by atoms with E-state index < -0.39 is 0 Å². The van der Waals surface area contributed by atoms with Gasteiger partial charge in [-0.25, -0.2) is 0 Å². The largest absolute Gasteiger partial charge is 0.306 e. The molecule has 0 bridgehead atoms. The van der Waals surface area contributed by atoms with Gasteiger partial charge >= 0.3 is 0 Å². The second kappa shape index (κ2) is 4.77. The summed E-state index contributed by atoms with van der Waals surface area (Å²) in [5, 5.41) is 3.64. The maximum atomic E-state index is 4.60. The zero-order valence-corrected chi connectivity index (χ0v) is 12.5. The molecular weight excluding hydrogens is 208 g/mol. The summed E-state index contributed by atoms with van der Waals surface area (Å²) in [4.78, 5) is 4.60. The molecule has 1 aromatic rings. The number of pyridine rings is 1. The van der Waals surface area contributed by atoms with Gasteiger partial charge in [-0.3, -0.25) is 4.98 Å². The average molecular weight is 234 g/mol. The lowest BCUT2D eigenvalue weighted by molar-refractivity contribution is 0.361. The van der Waals surface area contributed by atoms with Crippen molar-refractivity contribution in [3.8, 4) is 0 Å². The molecule has 1 N–H and O–H groups in total. The highest BCUT2D eigenvalue weighted by Crippen LogP contribution is 2.30. The van der Waals surface area contributed by atoms with Crippen molar-refractivity contribution in [2.24, 2.45) is 0 Å². The summed E-state index contributed by atoms with van der Waals surface area (Å²) in [6.45, 7) is 17.4. The van der Waals surface area contributed by atoms with E-state index in [-0.39, 0.29) is 5.54 Å². The van der Waals surface area contributed by atoms with Gasteiger partial charge in [0.1, 0.15) is 0 Å². The standard InChI is InChI=1S/C15H26N2/c1-9(2)17-15(7,8)14-10(3)12(5)16-13(6)11(14)4/h9,17H,1-8H3. The smallest absolute Gasteiger partial charge is 0.0408 e. The van der Waals surface area contributed by atoms with Crippen molar-refractivity contribution in [2.45, 2.75) is 67.0 Å². The average Bonchev–Trinajstić information content (AvgIpc) is 2.12. The SMILES string of the molecule is Cc1nc(C)c(C)c(C(C)(C)NC(C)C)c1C. The van der Waals surface area contributed by atoms with Gasteiger partial charge in [-0.05, 0) is 58.2 Å². The molecule has 0 unspecified atom stereocenters. The van der Waals surface area contributed by atoms with E-state index >= 15 is 0 Å². The molecule has 96 valence electrons. The van der Waals surface area contributed by atoms with E-state index in [1.54, 1.807) is 0 Å². The number of nitrogens with zero attached hydrogens (tertiary/aromatic N) is 1. The Morgan fingerprint density at radius 2 is 1.35 bits per heavy atom. The van der Waals surface area contributed by atoms with E-state index in [1.807, 2.05) is 0 Å². The van der Waals surface area contributed by atoms with Gasteiger partial charge in [0.15, 0.2) is 0 Å². The van der Waals surface area contributed by atoms with Crippen molar-refractivity contribution in [1.82, 2.24) is 10.3 Å². The molecule has 0 spiro atoms. The van der Waals surface area contributed by atoms with Crippen LogP contribution in [-0.4, -0.2) is 11.0 Å². The Bertz CT molecular complexity index is 391. The van der Waals surface area contributed by atoms with Gasteiger partial charge in [-0.1, -0.05) is 13.8 Å². The fraction of sp³-hybridized carbons (Fsp3) is 0.667. The van der Waals surface area contributed by atoms with Gasteiger partial charge in [0.2, 0.25) is 0 Å². The molecular formula is C15H26N2. The highest BCUT2D eigenvalue weighted by atomic mass is 15.0. The van der Waals surface area contributed by atoms with Crippen LogP contribution in [0, 0.1) is 27.7 Å². The second-order valence-electron chi connectivity index (χ2n) is 5.83. The Labute approximate surface area is 106 Å². The van der Waals surface area contributed by atoms with Gasteiger partial charge in [-0.2, -0.15) is 0 Å². The Morgan fingerprint density at radius 1 is 0.941 bits per heavy atom. The van der Waals surface area contributed by atoms with Crippen LogP contribution in [-0.2, 0) is 5.54 Å². The molecule has 0 atom stereocenters. The Hall–Kier alpha value is -0.890. The first kappa shape index (κ1) is 14.2. The number of hydrogen-bond donors (Lipinski definition) is 1. The molecule has 0 fully saturated rings. The molecule has 2 nitrogen and oxygen atoms in total. The Balaban J connectivity index is 3.39. The monoisotopic (exact) mass is 234 g/mol. The third-order valence-corrected chi connectivity index (χ3v) is 3.45. The molecule has 0 saturated heterocycles. The highest BCUT2D eigenvalue weighted by molar-refractivity contribution is 5.42. The molecule has 1 aromatic heterocycles. The predicted octanol–water partition coefficient (Wildman–Crippen LogP) is 3.55. The number of nitrogens with one attached hydrogen (secondary N) is 1. The predicted molar refractivity (Wildman–Crippen MR) is 74.5 cm³/mol. The van der Waals surface area contributed by atoms with Crippen LogP contribution in [0.25, 0.3) is 0 Å². The minimum Gasteiger partial charge on any atom is -0.306 e. The van der Waals surface area contributed by atoms with Crippen LogP contribution < -0.4 is 5.32 Å². The lowest BCUT2D eigenvalue weighted by atomic mass is 9.85. The lowest BCUT2D eigenvalue weighted by Crippen LogP contribution is -2.42. The number of aryl methyl sites for hydroxylation is 2. The zero-order valence-electron chi connectivity index (χ0n) is 12.5. The second-order valence-corrected chi connectivity index (χ2v) is 5.83. The molecule has 2 heteroatoms. The third-order valence-electron chi connectivity index (χ3n) is 3.45. The van der Waals surface area contributed by atoms with Crippen molar-refractivity contribution < 1.29 is 0 Å². The van der Waals surface area contributed by atoms with E-state index in [4.69, 9.17) is 0 Å². The van der Waals surface area contributed by atoms with Crippen LogP contribution in [0.15, 0.2) is 0 Å². The first-order valence-electron chi connectivity index (χ1n) is 6.39. The highest BCUT2D eigenvalue weighted by Gasteiger charge is 2.26. The minimum absolute atomic E-state index is 0.0131. The summed E-state index contributed by atoms with van der Waals surface area (Å²) in [6, 6.07) is 0.470. The molecule has 0 amide bonds. The van der Waals surface area contributed by atoms with Crippen molar-refractivity contribution in [2.75, 3.05) is 0 Å². The molecule has 0 aliphatic rings. The molecule has 0 aliphatic heterocycles. The van der Waals surface area contributed by atoms with Crippen LogP contribution in [0.3, 0.4) is 0 Å². The molecule has 0 saturated carbocycles. The van der Waals surface area contributed by atoms with E-state index in [0.717, 1.165) is 11.4 Å². The number of aromatic nitrogens is 1. The van der Waals surface area contributed by atoms with Crippen LogP contribution in [0.1, 0.15) is 55.8 Å². The fourth-order valence-electron chi connectivity index (χ4n) is 2.79. The first-order chi connectivity index (χ1) is 7.66. The summed E-state index contributed by atoms with van der Waals surface area (Å²) in [5.41, 5.74) is 6.29. The van der Waals surface area contributed by atoms with E-state index in [9.17, 15) is 0 Å². The van der Waals surface area contributed by atoms with Gasteiger partial charge in [0, 0.05) is 23.0 Å². The number of rotatable bonds is 3. The normalized spacial score (nSPS) is 12.3. The third kappa shape index (κ3) is 2.86. The van der Waals surface area contributed by atoms with Crippen molar-refractivity contribution in [1.29, 1.82) is 0 Å². The summed E-state index contributed by atoms with van der Waals surface area (Å²) in [7, 11) is 0. The van der Waals surface area contributed by atoms with Gasteiger partial charge in [0.25, 0.3) is 0 Å². The fourth-order valence-corrected chi connectivity index (χ4v) is 2.79. The zero-order chi connectivity index (χ0) is 13.4. The Morgan fingerprint density at radius 3 is 1.71 bits per heavy atom.